The maximum absolute atomic E-state index is 6.41. The first-order chi connectivity index (χ1) is 7.66. The SMILES string of the molecule is Cc1cc(C)cc([C@H](N)C2CCCCC2)c1.Cl. The predicted molar refractivity (Wildman–Crippen MR) is 76.7 cm³/mol. The minimum Gasteiger partial charge on any atom is -0.324 e. The molecule has 0 saturated heterocycles. The molecule has 17 heavy (non-hydrogen) atoms. The van der Waals surface area contributed by atoms with Crippen molar-refractivity contribution in [2.45, 2.75) is 52.0 Å². The van der Waals surface area contributed by atoms with Crippen LogP contribution in [0.2, 0.25) is 0 Å². The van der Waals surface area contributed by atoms with Crippen LogP contribution in [0, 0.1) is 19.8 Å². The fourth-order valence-corrected chi connectivity index (χ4v) is 2.97. The minimum absolute atomic E-state index is 0. The first-order valence-electron chi connectivity index (χ1n) is 6.50. The lowest BCUT2D eigenvalue weighted by Gasteiger charge is -2.28. The Hall–Kier alpha value is -0.530. The normalized spacial score (nSPS) is 18.5. The molecule has 2 heteroatoms. The Labute approximate surface area is 111 Å². The summed E-state index contributed by atoms with van der Waals surface area (Å²) in [6, 6.07) is 6.98. The highest BCUT2D eigenvalue weighted by molar-refractivity contribution is 5.85. The standard InChI is InChI=1S/C15H23N.ClH/c1-11-8-12(2)10-14(9-11)15(16)13-6-4-3-5-7-13;/h8-10,13,15H,3-7,16H2,1-2H3;1H/t15-;/m1./s1. The van der Waals surface area contributed by atoms with Gasteiger partial charge >= 0.3 is 0 Å². The average molecular weight is 254 g/mol. The number of hydrogen-bond acceptors (Lipinski definition) is 1. The molecule has 0 bridgehead atoms. The molecular formula is C15H24ClN. The Balaban J connectivity index is 0.00000144. The van der Waals surface area contributed by atoms with Gasteiger partial charge in [-0.1, -0.05) is 48.6 Å². The molecule has 0 radical (unpaired) electrons. The van der Waals surface area contributed by atoms with E-state index in [9.17, 15) is 0 Å². The lowest BCUT2D eigenvalue weighted by atomic mass is 9.81. The third-order valence-corrected chi connectivity index (χ3v) is 3.79. The van der Waals surface area contributed by atoms with Gasteiger partial charge in [0.05, 0.1) is 0 Å². The average Bonchev–Trinajstić information content (AvgIpc) is 2.28. The summed E-state index contributed by atoms with van der Waals surface area (Å²) in [6.45, 7) is 4.31. The van der Waals surface area contributed by atoms with Crippen molar-refractivity contribution in [2.75, 3.05) is 0 Å². The molecule has 96 valence electrons. The molecule has 0 amide bonds. The molecular weight excluding hydrogens is 230 g/mol. The van der Waals surface area contributed by atoms with Crippen molar-refractivity contribution >= 4 is 12.4 Å². The number of benzene rings is 1. The number of rotatable bonds is 2. The van der Waals surface area contributed by atoms with Gasteiger partial charge in [-0.2, -0.15) is 0 Å². The maximum atomic E-state index is 6.41. The van der Waals surface area contributed by atoms with Crippen LogP contribution in [-0.4, -0.2) is 0 Å². The zero-order chi connectivity index (χ0) is 11.5. The molecule has 1 fully saturated rings. The molecule has 0 aromatic heterocycles. The molecule has 1 aliphatic rings. The van der Waals surface area contributed by atoms with Crippen molar-refractivity contribution in [3.05, 3.63) is 34.9 Å². The number of nitrogens with two attached hydrogens (primary N) is 1. The first kappa shape index (κ1) is 14.5. The van der Waals surface area contributed by atoms with E-state index in [0.717, 1.165) is 0 Å². The molecule has 0 spiro atoms. The molecule has 1 aromatic rings. The molecule has 1 saturated carbocycles. The highest BCUT2D eigenvalue weighted by Gasteiger charge is 2.21. The van der Waals surface area contributed by atoms with Crippen LogP contribution in [-0.2, 0) is 0 Å². The van der Waals surface area contributed by atoms with Gasteiger partial charge in [0.2, 0.25) is 0 Å². The van der Waals surface area contributed by atoms with Crippen molar-refractivity contribution in [3.63, 3.8) is 0 Å². The van der Waals surface area contributed by atoms with Gasteiger partial charge in [0.1, 0.15) is 0 Å². The molecule has 2 N–H and O–H groups in total. The minimum atomic E-state index is 0. The zero-order valence-corrected chi connectivity index (χ0v) is 11.7. The van der Waals surface area contributed by atoms with E-state index < -0.39 is 0 Å². The van der Waals surface area contributed by atoms with Crippen LogP contribution >= 0.6 is 12.4 Å². The van der Waals surface area contributed by atoms with Crippen LogP contribution < -0.4 is 5.73 Å². The summed E-state index contributed by atoms with van der Waals surface area (Å²) < 4.78 is 0. The predicted octanol–water partition coefficient (Wildman–Crippen LogP) is 4.31. The number of hydrogen-bond donors (Lipinski definition) is 1. The van der Waals surface area contributed by atoms with E-state index in [0.29, 0.717) is 5.92 Å². The Bertz CT molecular complexity index is 336. The fourth-order valence-electron chi connectivity index (χ4n) is 2.97. The molecule has 0 aliphatic heterocycles. The summed E-state index contributed by atoms with van der Waals surface area (Å²) in [5.41, 5.74) is 10.4. The van der Waals surface area contributed by atoms with Gasteiger partial charge in [-0.25, -0.2) is 0 Å². The lowest BCUT2D eigenvalue weighted by molar-refractivity contribution is 0.308. The van der Waals surface area contributed by atoms with Gasteiger partial charge in [0.25, 0.3) is 0 Å². The van der Waals surface area contributed by atoms with Gasteiger partial charge in [0, 0.05) is 6.04 Å². The second-order valence-electron chi connectivity index (χ2n) is 5.34. The topological polar surface area (TPSA) is 26.0 Å². The van der Waals surface area contributed by atoms with Crippen molar-refractivity contribution in [2.24, 2.45) is 11.7 Å². The van der Waals surface area contributed by atoms with E-state index in [4.69, 9.17) is 5.73 Å². The summed E-state index contributed by atoms with van der Waals surface area (Å²) in [5.74, 6) is 0.704. The van der Waals surface area contributed by atoms with E-state index >= 15 is 0 Å². The summed E-state index contributed by atoms with van der Waals surface area (Å²) in [4.78, 5) is 0. The van der Waals surface area contributed by atoms with E-state index in [1.54, 1.807) is 0 Å². The van der Waals surface area contributed by atoms with Crippen LogP contribution in [0.25, 0.3) is 0 Å². The van der Waals surface area contributed by atoms with Crippen molar-refractivity contribution in [1.29, 1.82) is 0 Å². The third kappa shape index (κ3) is 3.72. The Morgan fingerprint density at radius 3 is 2.06 bits per heavy atom. The van der Waals surface area contributed by atoms with Gasteiger partial charge in [-0.15, -0.1) is 12.4 Å². The van der Waals surface area contributed by atoms with E-state index in [1.165, 1.54) is 48.8 Å². The molecule has 0 unspecified atom stereocenters. The van der Waals surface area contributed by atoms with Crippen molar-refractivity contribution < 1.29 is 0 Å². The molecule has 1 aliphatic carbocycles. The van der Waals surface area contributed by atoms with Crippen molar-refractivity contribution in [1.82, 2.24) is 0 Å². The van der Waals surface area contributed by atoms with Crippen molar-refractivity contribution in [3.8, 4) is 0 Å². The van der Waals surface area contributed by atoms with Crippen LogP contribution in [0.1, 0.15) is 54.8 Å². The zero-order valence-electron chi connectivity index (χ0n) is 10.9. The van der Waals surface area contributed by atoms with Gasteiger partial charge < -0.3 is 5.73 Å². The Morgan fingerprint density at radius 1 is 1.00 bits per heavy atom. The number of aryl methyl sites for hydroxylation is 2. The highest BCUT2D eigenvalue weighted by Crippen LogP contribution is 2.33. The third-order valence-electron chi connectivity index (χ3n) is 3.79. The largest absolute Gasteiger partial charge is 0.324 e. The highest BCUT2D eigenvalue weighted by atomic mass is 35.5. The van der Waals surface area contributed by atoms with Crippen LogP contribution in [0.4, 0.5) is 0 Å². The van der Waals surface area contributed by atoms with Crippen LogP contribution in [0.3, 0.4) is 0 Å². The molecule has 0 heterocycles. The van der Waals surface area contributed by atoms with Gasteiger partial charge in [0.15, 0.2) is 0 Å². The van der Waals surface area contributed by atoms with Crippen LogP contribution in [0.15, 0.2) is 18.2 Å². The van der Waals surface area contributed by atoms with E-state index in [-0.39, 0.29) is 18.4 Å². The molecule has 2 rings (SSSR count). The van der Waals surface area contributed by atoms with Gasteiger partial charge in [-0.05, 0) is 38.2 Å². The maximum Gasteiger partial charge on any atom is 0.0323 e. The Kier molecular flexibility index (Phi) is 5.48. The van der Waals surface area contributed by atoms with E-state index in [2.05, 4.69) is 32.0 Å². The quantitative estimate of drug-likeness (QED) is 0.835. The monoisotopic (exact) mass is 253 g/mol. The fraction of sp³-hybridized carbons (Fsp3) is 0.600. The smallest absolute Gasteiger partial charge is 0.0323 e. The molecule has 1 nitrogen and oxygen atoms in total. The summed E-state index contributed by atoms with van der Waals surface area (Å²) >= 11 is 0. The van der Waals surface area contributed by atoms with Crippen LogP contribution in [0.5, 0.6) is 0 Å². The first-order valence-corrected chi connectivity index (χ1v) is 6.50. The second-order valence-corrected chi connectivity index (χ2v) is 5.34. The summed E-state index contributed by atoms with van der Waals surface area (Å²) in [7, 11) is 0. The lowest BCUT2D eigenvalue weighted by Crippen LogP contribution is -2.23. The second kappa shape index (κ2) is 6.42. The van der Waals surface area contributed by atoms with Gasteiger partial charge in [-0.3, -0.25) is 0 Å². The summed E-state index contributed by atoms with van der Waals surface area (Å²) in [5, 5.41) is 0. The number of halogens is 1. The summed E-state index contributed by atoms with van der Waals surface area (Å²) in [6.07, 6.45) is 6.75. The molecule has 1 aromatic carbocycles. The van der Waals surface area contributed by atoms with E-state index in [1.807, 2.05) is 0 Å². The Morgan fingerprint density at radius 2 is 1.53 bits per heavy atom. The molecule has 1 atom stereocenters.